The number of fused-ring (bicyclic) bond motifs is 1. The summed E-state index contributed by atoms with van der Waals surface area (Å²) in [7, 11) is 3.72. The van der Waals surface area contributed by atoms with Gasteiger partial charge in [0.2, 0.25) is 0 Å². The Morgan fingerprint density at radius 3 is 2.71 bits per heavy atom. The topological polar surface area (TPSA) is 21.3 Å². The van der Waals surface area contributed by atoms with Crippen LogP contribution in [0.15, 0.2) is 34.1 Å². The van der Waals surface area contributed by atoms with E-state index in [1.54, 1.807) is 18.4 Å². The molecule has 0 saturated heterocycles. The predicted molar refractivity (Wildman–Crippen MR) is 96.0 cm³/mol. The predicted octanol–water partition coefficient (Wildman–Crippen LogP) is 5.35. The number of methoxy groups -OCH3 is 1. The molecule has 0 amide bonds. The van der Waals surface area contributed by atoms with Gasteiger partial charge < -0.3 is 10.1 Å². The third-order valence-corrected chi connectivity index (χ3v) is 6.57. The summed E-state index contributed by atoms with van der Waals surface area (Å²) < 4.78 is 9.39. The fraction of sp³-hybridized carbons (Fsp3) is 0.250. The van der Waals surface area contributed by atoms with Crippen molar-refractivity contribution < 1.29 is 4.74 Å². The van der Waals surface area contributed by atoms with Gasteiger partial charge in [-0.2, -0.15) is 0 Å². The summed E-state index contributed by atoms with van der Waals surface area (Å²) in [4.78, 5) is 1.31. The number of hydrogen-bond donors (Lipinski definition) is 1. The van der Waals surface area contributed by atoms with Gasteiger partial charge in [0.25, 0.3) is 0 Å². The van der Waals surface area contributed by atoms with Crippen LogP contribution < -0.4 is 10.1 Å². The lowest BCUT2D eigenvalue weighted by atomic mass is 10.0. The van der Waals surface area contributed by atoms with Crippen LogP contribution in [0.5, 0.6) is 5.75 Å². The molecule has 0 fully saturated rings. The maximum Gasteiger partial charge on any atom is 0.124 e. The van der Waals surface area contributed by atoms with Crippen molar-refractivity contribution in [2.24, 2.45) is 0 Å². The second kappa shape index (κ2) is 6.08. The molecular formula is C16H16BrNOS2. The second-order valence-corrected chi connectivity index (χ2v) is 7.78. The van der Waals surface area contributed by atoms with Crippen molar-refractivity contribution in [2.75, 3.05) is 14.2 Å². The number of ether oxygens (including phenoxy) is 1. The molecule has 1 N–H and O–H groups in total. The van der Waals surface area contributed by atoms with Crippen molar-refractivity contribution in [3.8, 4) is 5.75 Å². The SMILES string of the molecule is CNC(c1cc2sccc2s1)c1cc(Br)c(C)cc1OC. The first-order valence-electron chi connectivity index (χ1n) is 6.62. The Bertz CT molecular complexity index is 749. The average molecular weight is 382 g/mol. The van der Waals surface area contributed by atoms with Gasteiger partial charge in [0.15, 0.2) is 0 Å². The number of benzene rings is 1. The average Bonchev–Trinajstić information content (AvgIpc) is 3.04. The maximum absolute atomic E-state index is 5.59. The molecule has 0 aliphatic rings. The third kappa shape index (κ3) is 2.75. The summed E-state index contributed by atoms with van der Waals surface area (Å²) >= 11 is 7.26. The highest BCUT2D eigenvalue weighted by atomic mass is 79.9. The summed E-state index contributed by atoms with van der Waals surface area (Å²) in [5, 5.41) is 5.56. The number of rotatable bonds is 4. The Morgan fingerprint density at radius 2 is 2.05 bits per heavy atom. The van der Waals surface area contributed by atoms with E-state index < -0.39 is 0 Å². The quantitative estimate of drug-likeness (QED) is 0.657. The first kappa shape index (κ1) is 15.0. The van der Waals surface area contributed by atoms with E-state index in [4.69, 9.17) is 4.74 Å². The lowest BCUT2D eigenvalue weighted by molar-refractivity contribution is 0.405. The minimum absolute atomic E-state index is 0.140. The van der Waals surface area contributed by atoms with Gasteiger partial charge in [0.05, 0.1) is 13.2 Å². The monoisotopic (exact) mass is 381 g/mol. The summed E-state index contributed by atoms with van der Waals surface area (Å²) in [5.41, 5.74) is 2.34. The molecule has 2 nitrogen and oxygen atoms in total. The summed E-state index contributed by atoms with van der Waals surface area (Å²) in [6, 6.07) is 8.84. The van der Waals surface area contributed by atoms with E-state index in [-0.39, 0.29) is 6.04 Å². The van der Waals surface area contributed by atoms with Crippen LogP contribution in [0.2, 0.25) is 0 Å². The Hall–Kier alpha value is -0.880. The van der Waals surface area contributed by atoms with E-state index in [1.165, 1.54) is 19.8 Å². The van der Waals surface area contributed by atoms with Gasteiger partial charge in [-0.3, -0.25) is 0 Å². The highest BCUT2D eigenvalue weighted by Gasteiger charge is 2.20. The Morgan fingerprint density at radius 1 is 1.24 bits per heavy atom. The normalized spacial score (nSPS) is 12.8. The number of nitrogens with one attached hydrogen (secondary N) is 1. The molecule has 3 rings (SSSR count). The van der Waals surface area contributed by atoms with E-state index in [0.29, 0.717) is 0 Å². The molecular weight excluding hydrogens is 366 g/mol. The Labute approximate surface area is 140 Å². The third-order valence-electron chi connectivity index (χ3n) is 3.55. The molecule has 0 aliphatic heterocycles. The van der Waals surface area contributed by atoms with Gasteiger partial charge in [-0.15, -0.1) is 22.7 Å². The molecule has 0 radical (unpaired) electrons. The lowest BCUT2D eigenvalue weighted by Gasteiger charge is -2.19. The molecule has 1 aromatic carbocycles. The molecule has 3 aromatic rings. The van der Waals surface area contributed by atoms with Gasteiger partial charge in [-0.25, -0.2) is 0 Å². The Kier molecular flexibility index (Phi) is 4.36. The van der Waals surface area contributed by atoms with Crippen LogP contribution in [0.3, 0.4) is 0 Å². The summed E-state index contributed by atoms with van der Waals surface area (Å²) in [6.45, 7) is 2.08. The van der Waals surface area contributed by atoms with Crippen LogP contribution in [0.4, 0.5) is 0 Å². The van der Waals surface area contributed by atoms with Crippen molar-refractivity contribution in [2.45, 2.75) is 13.0 Å². The van der Waals surface area contributed by atoms with E-state index in [2.05, 4.69) is 57.8 Å². The maximum atomic E-state index is 5.59. The second-order valence-electron chi connectivity index (χ2n) is 4.86. The highest BCUT2D eigenvalue weighted by molar-refractivity contribution is 9.10. The standard InChI is InChI=1S/C16H16BrNOS2/c1-9-6-12(19-3)10(7-11(9)17)16(18-2)15-8-14-13(21-15)4-5-20-14/h4-8,16,18H,1-3H3. The van der Waals surface area contributed by atoms with Crippen LogP contribution >= 0.6 is 38.6 Å². The zero-order chi connectivity index (χ0) is 15.0. The highest BCUT2D eigenvalue weighted by Crippen LogP contribution is 2.39. The number of aryl methyl sites for hydroxylation is 1. The Balaban J connectivity index is 2.11. The molecule has 110 valence electrons. The number of thiophene rings is 2. The first-order valence-corrected chi connectivity index (χ1v) is 9.11. The molecule has 5 heteroatoms. The van der Waals surface area contributed by atoms with E-state index in [0.717, 1.165) is 15.8 Å². The van der Waals surface area contributed by atoms with Gasteiger partial charge >= 0.3 is 0 Å². The van der Waals surface area contributed by atoms with Gasteiger partial charge in [-0.05, 0) is 49.2 Å². The number of hydrogen-bond acceptors (Lipinski definition) is 4. The van der Waals surface area contributed by atoms with Gasteiger partial charge in [0.1, 0.15) is 5.75 Å². The lowest BCUT2D eigenvalue weighted by Crippen LogP contribution is -2.17. The van der Waals surface area contributed by atoms with Crippen LogP contribution in [0.1, 0.15) is 22.0 Å². The van der Waals surface area contributed by atoms with Crippen molar-refractivity contribution in [1.29, 1.82) is 0 Å². The number of halogens is 1. The van der Waals surface area contributed by atoms with E-state index >= 15 is 0 Å². The zero-order valence-corrected chi connectivity index (χ0v) is 15.3. The van der Waals surface area contributed by atoms with Crippen molar-refractivity contribution in [3.63, 3.8) is 0 Å². The first-order chi connectivity index (χ1) is 10.1. The van der Waals surface area contributed by atoms with Crippen molar-refractivity contribution in [1.82, 2.24) is 5.32 Å². The smallest absolute Gasteiger partial charge is 0.124 e. The van der Waals surface area contributed by atoms with Crippen LogP contribution in [0, 0.1) is 6.92 Å². The molecule has 1 unspecified atom stereocenters. The van der Waals surface area contributed by atoms with Crippen molar-refractivity contribution >= 4 is 48.0 Å². The van der Waals surface area contributed by atoms with Crippen LogP contribution in [-0.4, -0.2) is 14.2 Å². The van der Waals surface area contributed by atoms with Gasteiger partial charge in [0, 0.05) is 24.3 Å². The van der Waals surface area contributed by atoms with Crippen LogP contribution in [0.25, 0.3) is 9.40 Å². The molecule has 0 spiro atoms. The molecule has 21 heavy (non-hydrogen) atoms. The van der Waals surface area contributed by atoms with Crippen LogP contribution in [-0.2, 0) is 0 Å². The van der Waals surface area contributed by atoms with E-state index in [9.17, 15) is 0 Å². The molecule has 1 atom stereocenters. The van der Waals surface area contributed by atoms with Crippen molar-refractivity contribution in [3.05, 3.63) is 50.1 Å². The fourth-order valence-corrected chi connectivity index (χ4v) is 5.06. The molecule has 0 saturated carbocycles. The molecule has 2 aromatic heterocycles. The summed E-state index contributed by atoms with van der Waals surface area (Å²) in [6.07, 6.45) is 0. The molecule has 0 bridgehead atoms. The van der Waals surface area contributed by atoms with Gasteiger partial charge in [-0.1, -0.05) is 15.9 Å². The largest absolute Gasteiger partial charge is 0.496 e. The van der Waals surface area contributed by atoms with E-state index in [1.807, 2.05) is 18.4 Å². The fourth-order valence-electron chi connectivity index (χ4n) is 2.45. The molecule has 2 heterocycles. The summed E-state index contributed by atoms with van der Waals surface area (Å²) in [5.74, 6) is 0.923. The minimum atomic E-state index is 0.140. The minimum Gasteiger partial charge on any atom is -0.496 e. The molecule has 0 aliphatic carbocycles. The zero-order valence-electron chi connectivity index (χ0n) is 12.1.